The second kappa shape index (κ2) is 8.48. The lowest BCUT2D eigenvalue weighted by Gasteiger charge is -2.33. The summed E-state index contributed by atoms with van der Waals surface area (Å²) in [7, 11) is 0. The highest BCUT2D eigenvalue weighted by atomic mass is 32.1. The van der Waals surface area contributed by atoms with E-state index in [9.17, 15) is 23.2 Å². The molecule has 186 valence electrons. The minimum Gasteiger partial charge on any atom is -0.463 e. The molecule has 0 bridgehead atoms. The molecular formula is C25H22F3N5O2S. The highest BCUT2D eigenvalue weighted by Gasteiger charge is 2.37. The summed E-state index contributed by atoms with van der Waals surface area (Å²) in [5.41, 5.74) is -0.105. The number of nitrogens with zero attached hydrogens (tertiary/aromatic N) is 4. The number of amides is 1. The number of hydrogen-bond acceptors (Lipinski definition) is 6. The Bertz CT molecular complexity index is 1500. The first-order valence-corrected chi connectivity index (χ1v) is 12.1. The number of rotatable bonds is 3. The van der Waals surface area contributed by atoms with Crippen molar-refractivity contribution in [2.24, 2.45) is 11.3 Å². The maximum absolute atomic E-state index is 13.8. The van der Waals surface area contributed by atoms with Crippen molar-refractivity contribution in [1.29, 1.82) is 5.26 Å². The van der Waals surface area contributed by atoms with Crippen LogP contribution in [-0.2, 0) is 19.0 Å². The first kappa shape index (κ1) is 24.1. The molecule has 0 saturated heterocycles. The second-order valence-electron chi connectivity index (χ2n) is 9.87. The Labute approximate surface area is 208 Å². The van der Waals surface area contributed by atoms with Gasteiger partial charge in [0, 0.05) is 4.88 Å². The van der Waals surface area contributed by atoms with Crippen molar-refractivity contribution in [3.63, 3.8) is 0 Å². The third-order valence-electron chi connectivity index (χ3n) is 6.61. The number of carbonyl (C=O) groups excluding carboxylic acids is 1. The standard InChI is InChI=1S/C25H22F3N5O2S/c1-24(2,3)13-6-7-14-15(11-29)23(36-19(14)9-13)32-22(34)16-12-30-33-20(25(26,27)28)10-17(31-21(16)33)18-5-4-8-35-18/h4-5,8,10,12-13H,6-7,9H2,1-3H3,(H,32,34)/t13-/m1/s1. The Balaban J connectivity index is 1.53. The van der Waals surface area contributed by atoms with Crippen molar-refractivity contribution in [3.05, 3.63) is 57.9 Å². The van der Waals surface area contributed by atoms with Gasteiger partial charge in [-0.15, -0.1) is 11.3 Å². The Morgan fingerprint density at radius 2 is 2.11 bits per heavy atom. The Hall–Kier alpha value is -3.65. The van der Waals surface area contributed by atoms with Crippen LogP contribution in [0.5, 0.6) is 0 Å². The van der Waals surface area contributed by atoms with E-state index in [1.54, 1.807) is 0 Å². The van der Waals surface area contributed by atoms with E-state index in [0.29, 0.717) is 21.0 Å². The van der Waals surface area contributed by atoms with Gasteiger partial charge in [-0.05, 0) is 54.4 Å². The number of hydrogen-bond donors (Lipinski definition) is 1. The van der Waals surface area contributed by atoms with E-state index in [2.05, 4.69) is 42.2 Å². The summed E-state index contributed by atoms with van der Waals surface area (Å²) in [5.74, 6) is -0.116. The molecule has 4 aromatic rings. The monoisotopic (exact) mass is 513 g/mol. The predicted molar refractivity (Wildman–Crippen MR) is 128 cm³/mol. The van der Waals surface area contributed by atoms with Gasteiger partial charge in [0.15, 0.2) is 17.1 Å². The highest BCUT2D eigenvalue weighted by Crippen LogP contribution is 2.44. The number of alkyl halides is 3. The minimum atomic E-state index is -4.74. The van der Waals surface area contributed by atoms with Crippen LogP contribution in [-0.4, -0.2) is 20.5 Å². The molecule has 0 saturated carbocycles. The van der Waals surface area contributed by atoms with E-state index in [1.807, 2.05) is 0 Å². The summed E-state index contributed by atoms with van der Waals surface area (Å²) in [6.45, 7) is 6.57. The van der Waals surface area contributed by atoms with Crippen LogP contribution in [0.4, 0.5) is 18.2 Å². The molecule has 7 nitrogen and oxygen atoms in total. The Morgan fingerprint density at radius 1 is 1.33 bits per heavy atom. The molecule has 0 aliphatic heterocycles. The van der Waals surface area contributed by atoms with Gasteiger partial charge in [0.1, 0.15) is 22.3 Å². The molecule has 1 aliphatic carbocycles. The molecule has 0 fully saturated rings. The van der Waals surface area contributed by atoms with Gasteiger partial charge in [0.25, 0.3) is 5.91 Å². The van der Waals surface area contributed by atoms with E-state index in [0.717, 1.165) is 42.0 Å². The molecule has 4 aromatic heterocycles. The summed E-state index contributed by atoms with van der Waals surface area (Å²) in [6, 6.07) is 6.04. The number of halogens is 3. The van der Waals surface area contributed by atoms with Gasteiger partial charge >= 0.3 is 6.18 Å². The van der Waals surface area contributed by atoms with Gasteiger partial charge in [-0.3, -0.25) is 4.79 Å². The fraction of sp³-hybridized carbons (Fsp3) is 0.360. The van der Waals surface area contributed by atoms with Crippen LogP contribution in [0.15, 0.2) is 35.1 Å². The largest absolute Gasteiger partial charge is 0.463 e. The molecule has 11 heteroatoms. The van der Waals surface area contributed by atoms with Crippen molar-refractivity contribution in [2.45, 2.75) is 46.2 Å². The third-order valence-corrected chi connectivity index (χ3v) is 7.78. The van der Waals surface area contributed by atoms with Gasteiger partial charge in [-0.2, -0.15) is 23.5 Å². The molecule has 4 heterocycles. The van der Waals surface area contributed by atoms with Crippen LogP contribution in [0.1, 0.15) is 59.2 Å². The van der Waals surface area contributed by atoms with Crippen LogP contribution in [0.2, 0.25) is 0 Å². The molecule has 1 amide bonds. The minimum absolute atomic E-state index is 0.0769. The Morgan fingerprint density at radius 3 is 2.75 bits per heavy atom. The second-order valence-corrected chi connectivity index (χ2v) is 11.0. The maximum atomic E-state index is 13.8. The Kier molecular flexibility index (Phi) is 5.67. The summed E-state index contributed by atoms with van der Waals surface area (Å²) >= 11 is 1.35. The van der Waals surface area contributed by atoms with Gasteiger partial charge in [0.05, 0.1) is 18.0 Å². The smallest absolute Gasteiger partial charge is 0.433 e. The molecule has 1 atom stereocenters. The third kappa shape index (κ3) is 4.15. The topological polar surface area (TPSA) is 96.2 Å². The first-order valence-electron chi connectivity index (χ1n) is 11.3. The van der Waals surface area contributed by atoms with E-state index in [-0.39, 0.29) is 28.1 Å². The van der Waals surface area contributed by atoms with Crippen molar-refractivity contribution < 1.29 is 22.4 Å². The van der Waals surface area contributed by atoms with Crippen LogP contribution < -0.4 is 5.32 Å². The lowest BCUT2D eigenvalue weighted by Crippen LogP contribution is -2.26. The molecule has 0 aromatic carbocycles. The average Bonchev–Trinajstić information content (AvgIpc) is 3.54. The molecule has 5 rings (SSSR count). The van der Waals surface area contributed by atoms with Crippen molar-refractivity contribution in [1.82, 2.24) is 14.6 Å². The molecule has 0 radical (unpaired) electrons. The van der Waals surface area contributed by atoms with Crippen molar-refractivity contribution >= 4 is 27.9 Å². The van der Waals surface area contributed by atoms with E-state index >= 15 is 0 Å². The zero-order chi connectivity index (χ0) is 25.8. The molecule has 1 aliphatic rings. The van der Waals surface area contributed by atoms with E-state index in [1.165, 1.54) is 29.7 Å². The van der Waals surface area contributed by atoms with Crippen molar-refractivity contribution in [2.75, 3.05) is 5.32 Å². The number of thiophene rings is 1. The summed E-state index contributed by atoms with van der Waals surface area (Å²) in [6.07, 6.45) is 0.133. The van der Waals surface area contributed by atoms with Gasteiger partial charge in [-0.1, -0.05) is 20.8 Å². The van der Waals surface area contributed by atoms with Crippen LogP contribution in [0, 0.1) is 22.7 Å². The number of carbonyl (C=O) groups is 1. The number of anilines is 1. The van der Waals surface area contributed by atoms with Crippen molar-refractivity contribution in [3.8, 4) is 17.5 Å². The van der Waals surface area contributed by atoms with E-state index < -0.39 is 17.8 Å². The number of nitrogens with one attached hydrogen (secondary N) is 1. The maximum Gasteiger partial charge on any atom is 0.433 e. The SMILES string of the molecule is CC(C)(C)[C@@H]1CCc2c(sc(NC(=O)c3cnn4c(C(F)(F)F)cc(-c5ccco5)nc34)c2C#N)C1. The van der Waals surface area contributed by atoms with E-state index in [4.69, 9.17) is 4.42 Å². The number of fused-ring (bicyclic) bond motifs is 2. The normalized spacial score (nSPS) is 16.1. The van der Waals surface area contributed by atoms with Gasteiger partial charge in [0.2, 0.25) is 0 Å². The first-order chi connectivity index (χ1) is 17.0. The fourth-order valence-electron chi connectivity index (χ4n) is 4.58. The summed E-state index contributed by atoms with van der Waals surface area (Å²) in [5, 5.41) is 16.7. The molecular weight excluding hydrogens is 491 g/mol. The lowest BCUT2D eigenvalue weighted by atomic mass is 9.72. The molecule has 36 heavy (non-hydrogen) atoms. The zero-order valence-corrected chi connectivity index (χ0v) is 20.5. The van der Waals surface area contributed by atoms with Crippen LogP contribution >= 0.6 is 11.3 Å². The van der Waals surface area contributed by atoms with Crippen LogP contribution in [0.3, 0.4) is 0 Å². The number of nitriles is 1. The number of furan rings is 1. The molecule has 0 unspecified atom stereocenters. The quantitative estimate of drug-likeness (QED) is 0.345. The molecule has 1 N–H and O–H groups in total. The highest BCUT2D eigenvalue weighted by molar-refractivity contribution is 7.16. The number of aromatic nitrogens is 3. The fourth-order valence-corrected chi connectivity index (χ4v) is 5.85. The van der Waals surface area contributed by atoms with Gasteiger partial charge in [-0.25, -0.2) is 9.50 Å². The lowest BCUT2D eigenvalue weighted by molar-refractivity contribution is -0.142. The summed E-state index contributed by atoms with van der Waals surface area (Å²) < 4.78 is 47.2. The van der Waals surface area contributed by atoms with Gasteiger partial charge < -0.3 is 9.73 Å². The molecule has 0 spiro atoms. The van der Waals surface area contributed by atoms with Crippen LogP contribution in [0.25, 0.3) is 17.1 Å². The zero-order valence-electron chi connectivity index (χ0n) is 19.7. The summed E-state index contributed by atoms with van der Waals surface area (Å²) in [4.78, 5) is 18.5. The predicted octanol–water partition coefficient (Wildman–Crippen LogP) is 6.34. The average molecular weight is 514 g/mol.